The molecule has 4 N–H and O–H groups in total. The van der Waals surface area contributed by atoms with Crippen LogP contribution in [-0.2, 0) is 4.79 Å². The number of hydrogen-bond acceptors (Lipinski definition) is 5. The minimum atomic E-state index is -0.410. The topological polar surface area (TPSA) is 105 Å². The van der Waals surface area contributed by atoms with Crippen molar-refractivity contribution in [1.82, 2.24) is 10.2 Å². The number of ether oxygens (including phenoxy) is 1. The summed E-state index contributed by atoms with van der Waals surface area (Å²) in [6.45, 7) is 0.339. The summed E-state index contributed by atoms with van der Waals surface area (Å²) in [5.41, 5.74) is 6.41. The molecule has 126 valence electrons. The zero-order valence-corrected chi connectivity index (χ0v) is 13.2. The molecule has 7 heteroatoms. The SMILES string of the molecule is CN(C(=O)CNC(=O)c1cc(OCCCO)ccc1N)C1CC1. The summed E-state index contributed by atoms with van der Waals surface area (Å²) in [6.07, 6.45) is 2.56. The second kappa shape index (κ2) is 7.82. The lowest BCUT2D eigenvalue weighted by molar-refractivity contribution is -0.129. The maximum atomic E-state index is 12.2. The van der Waals surface area contributed by atoms with E-state index in [9.17, 15) is 9.59 Å². The number of hydrogen-bond donors (Lipinski definition) is 3. The average molecular weight is 321 g/mol. The molecule has 2 amide bonds. The number of carbonyl (C=O) groups is 2. The third-order valence-electron chi connectivity index (χ3n) is 3.73. The van der Waals surface area contributed by atoms with Gasteiger partial charge in [-0.3, -0.25) is 9.59 Å². The van der Waals surface area contributed by atoms with Crippen molar-refractivity contribution in [3.05, 3.63) is 23.8 Å². The normalized spacial score (nSPS) is 13.5. The molecule has 0 spiro atoms. The number of nitrogens with zero attached hydrogens (tertiary/aromatic N) is 1. The largest absolute Gasteiger partial charge is 0.493 e. The monoisotopic (exact) mass is 321 g/mol. The Labute approximate surface area is 135 Å². The molecular formula is C16H23N3O4. The number of nitrogen functional groups attached to an aromatic ring is 1. The summed E-state index contributed by atoms with van der Waals surface area (Å²) in [7, 11) is 1.75. The minimum absolute atomic E-state index is 0.0406. The van der Waals surface area contributed by atoms with Gasteiger partial charge in [-0.05, 0) is 31.0 Å². The molecule has 0 bridgehead atoms. The summed E-state index contributed by atoms with van der Waals surface area (Å²) in [5.74, 6) is -0.0262. The van der Waals surface area contributed by atoms with Crippen LogP contribution in [0.15, 0.2) is 18.2 Å². The predicted octanol–water partition coefficient (Wildman–Crippen LogP) is 0.381. The molecule has 0 unspecified atom stereocenters. The molecule has 0 atom stereocenters. The van der Waals surface area contributed by atoms with Gasteiger partial charge in [-0.2, -0.15) is 0 Å². The van der Waals surface area contributed by atoms with Crippen LogP contribution in [0, 0.1) is 0 Å². The predicted molar refractivity (Wildman–Crippen MR) is 86.2 cm³/mol. The zero-order valence-electron chi connectivity index (χ0n) is 13.2. The van der Waals surface area contributed by atoms with E-state index < -0.39 is 5.91 Å². The molecule has 0 radical (unpaired) electrons. The van der Waals surface area contributed by atoms with Gasteiger partial charge in [0.25, 0.3) is 5.91 Å². The second-order valence-electron chi connectivity index (χ2n) is 5.59. The van der Waals surface area contributed by atoms with Gasteiger partial charge in [-0.1, -0.05) is 0 Å². The lowest BCUT2D eigenvalue weighted by Crippen LogP contribution is -2.39. The summed E-state index contributed by atoms with van der Waals surface area (Å²) < 4.78 is 5.43. The van der Waals surface area contributed by atoms with Crippen molar-refractivity contribution in [2.75, 3.05) is 32.5 Å². The highest BCUT2D eigenvalue weighted by molar-refractivity contribution is 6.01. The molecule has 7 nitrogen and oxygen atoms in total. The molecule has 23 heavy (non-hydrogen) atoms. The quantitative estimate of drug-likeness (QED) is 0.474. The smallest absolute Gasteiger partial charge is 0.253 e. The summed E-state index contributed by atoms with van der Waals surface area (Å²) in [5, 5.41) is 11.3. The summed E-state index contributed by atoms with van der Waals surface area (Å²) in [4.78, 5) is 25.8. The number of aliphatic hydroxyl groups excluding tert-OH is 1. The van der Waals surface area contributed by atoms with Gasteiger partial charge in [0, 0.05) is 31.8 Å². The van der Waals surface area contributed by atoms with Crippen molar-refractivity contribution in [2.24, 2.45) is 0 Å². The fourth-order valence-electron chi connectivity index (χ4n) is 2.12. The van der Waals surface area contributed by atoms with Gasteiger partial charge in [0.2, 0.25) is 5.91 Å². The molecule has 0 heterocycles. The number of aliphatic hydroxyl groups is 1. The molecule has 2 rings (SSSR count). The van der Waals surface area contributed by atoms with Gasteiger partial charge < -0.3 is 25.8 Å². The Bertz CT molecular complexity index is 572. The first kappa shape index (κ1) is 17.1. The standard InChI is InChI=1S/C16H23N3O4/c1-19(11-3-4-11)15(21)10-18-16(22)13-9-12(5-6-14(13)17)23-8-2-7-20/h5-6,9,11,20H,2-4,7-8,10,17H2,1H3,(H,18,22). The van der Waals surface area contributed by atoms with Crippen molar-refractivity contribution in [3.8, 4) is 5.75 Å². The van der Waals surface area contributed by atoms with Crippen LogP contribution in [0.3, 0.4) is 0 Å². The summed E-state index contributed by atoms with van der Waals surface area (Å²) >= 11 is 0. The van der Waals surface area contributed by atoms with Crippen molar-refractivity contribution in [2.45, 2.75) is 25.3 Å². The Kier molecular flexibility index (Phi) is 5.81. The molecule has 1 aliphatic carbocycles. The number of likely N-dealkylation sites (N-methyl/N-ethyl adjacent to an activating group) is 1. The van der Waals surface area contributed by atoms with Crippen molar-refractivity contribution in [1.29, 1.82) is 0 Å². The van der Waals surface area contributed by atoms with Crippen LogP contribution in [0.5, 0.6) is 5.75 Å². The Morgan fingerprint density at radius 1 is 1.43 bits per heavy atom. The molecule has 0 aromatic heterocycles. The molecule has 0 aliphatic heterocycles. The van der Waals surface area contributed by atoms with E-state index in [1.165, 1.54) is 6.07 Å². The van der Waals surface area contributed by atoms with Gasteiger partial charge in [0.15, 0.2) is 0 Å². The van der Waals surface area contributed by atoms with Crippen LogP contribution >= 0.6 is 0 Å². The molecular weight excluding hydrogens is 298 g/mol. The fourth-order valence-corrected chi connectivity index (χ4v) is 2.12. The highest BCUT2D eigenvalue weighted by atomic mass is 16.5. The first-order chi connectivity index (χ1) is 11.0. The van der Waals surface area contributed by atoms with Crippen molar-refractivity contribution in [3.63, 3.8) is 0 Å². The third kappa shape index (κ3) is 4.85. The molecule has 1 fully saturated rings. The molecule has 1 saturated carbocycles. The van der Waals surface area contributed by atoms with Gasteiger partial charge in [-0.25, -0.2) is 0 Å². The number of benzene rings is 1. The van der Waals surface area contributed by atoms with Crippen LogP contribution in [-0.4, -0.2) is 54.7 Å². The van der Waals surface area contributed by atoms with E-state index in [-0.39, 0.29) is 24.6 Å². The van der Waals surface area contributed by atoms with Crippen LogP contribution in [0.25, 0.3) is 0 Å². The third-order valence-corrected chi connectivity index (χ3v) is 3.73. The van der Waals surface area contributed by atoms with Gasteiger partial charge >= 0.3 is 0 Å². The van der Waals surface area contributed by atoms with E-state index in [4.69, 9.17) is 15.6 Å². The van der Waals surface area contributed by atoms with Gasteiger partial charge in [-0.15, -0.1) is 0 Å². The maximum Gasteiger partial charge on any atom is 0.253 e. The van der Waals surface area contributed by atoms with E-state index in [0.29, 0.717) is 30.5 Å². The number of rotatable bonds is 8. The Hall–Kier alpha value is -2.28. The number of carbonyl (C=O) groups excluding carboxylic acids is 2. The van der Waals surface area contributed by atoms with Crippen LogP contribution in [0.1, 0.15) is 29.6 Å². The van der Waals surface area contributed by atoms with Crippen molar-refractivity contribution < 1.29 is 19.4 Å². The lowest BCUT2D eigenvalue weighted by Gasteiger charge is -2.16. The van der Waals surface area contributed by atoms with E-state index in [2.05, 4.69) is 5.32 Å². The first-order valence-electron chi connectivity index (χ1n) is 7.70. The number of anilines is 1. The number of nitrogens with one attached hydrogen (secondary N) is 1. The molecule has 0 saturated heterocycles. The second-order valence-corrected chi connectivity index (χ2v) is 5.59. The zero-order chi connectivity index (χ0) is 16.8. The van der Waals surface area contributed by atoms with Crippen LogP contribution in [0.4, 0.5) is 5.69 Å². The van der Waals surface area contributed by atoms with Crippen LogP contribution < -0.4 is 15.8 Å². The Morgan fingerprint density at radius 3 is 2.83 bits per heavy atom. The molecule has 1 aromatic rings. The molecule has 1 aliphatic rings. The number of amides is 2. The van der Waals surface area contributed by atoms with E-state index >= 15 is 0 Å². The van der Waals surface area contributed by atoms with E-state index in [1.807, 2.05) is 0 Å². The van der Waals surface area contributed by atoms with Gasteiger partial charge in [0.05, 0.1) is 18.7 Å². The fraction of sp³-hybridized carbons (Fsp3) is 0.500. The molecule has 1 aromatic carbocycles. The average Bonchev–Trinajstić information content (AvgIpc) is 3.38. The highest BCUT2D eigenvalue weighted by Gasteiger charge is 2.29. The number of nitrogens with two attached hydrogens (primary N) is 1. The Morgan fingerprint density at radius 2 is 2.17 bits per heavy atom. The highest BCUT2D eigenvalue weighted by Crippen LogP contribution is 2.25. The van der Waals surface area contributed by atoms with E-state index in [0.717, 1.165) is 12.8 Å². The Balaban J connectivity index is 1.92. The lowest BCUT2D eigenvalue weighted by atomic mass is 10.1. The first-order valence-corrected chi connectivity index (χ1v) is 7.70. The van der Waals surface area contributed by atoms with Crippen LogP contribution in [0.2, 0.25) is 0 Å². The summed E-state index contributed by atoms with van der Waals surface area (Å²) in [6, 6.07) is 5.10. The maximum absolute atomic E-state index is 12.2. The van der Waals surface area contributed by atoms with Crippen molar-refractivity contribution >= 4 is 17.5 Å². The van der Waals surface area contributed by atoms with Gasteiger partial charge in [0.1, 0.15) is 5.75 Å². The minimum Gasteiger partial charge on any atom is -0.493 e. The van der Waals surface area contributed by atoms with E-state index in [1.54, 1.807) is 24.1 Å².